The van der Waals surface area contributed by atoms with Crippen LogP contribution in [0.1, 0.15) is 89.8 Å². The number of aryl methyl sites for hydroxylation is 2. The number of unbranched alkanes of at least 4 members (excludes halogenated alkanes) is 5. The van der Waals surface area contributed by atoms with Crippen molar-refractivity contribution in [2.75, 3.05) is 32.5 Å². The van der Waals surface area contributed by atoms with Gasteiger partial charge in [-0.15, -0.1) is 0 Å². The zero-order valence-electron chi connectivity index (χ0n) is 35.2. The van der Waals surface area contributed by atoms with Gasteiger partial charge in [0.05, 0.1) is 27.2 Å². The van der Waals surface area contributed by atoms with Gasteiger partial charge in [0, 0.05) is 23.2 Å². The number of quaternary nitrogens is 1. The first-order valence-corrected chi connectivity index (χ1v) is 21.3. The molecule has 0 saturated heterocycles. The van der Waals surface area contributed by atoms with Crippen LogP contribution in [-0.2, 0) is 19.3 Å². The molecule has 59 heavy (non-hydrogen) atoms. The molecule has 0 aliphatic carbocycles. The Kier molecular flexibility index (Phi) is 15.3. The number of carbonyl (C=O) groups excluding carboxylic acids is 2. The van der Waals surface area contributed by atoms with E-state index in [0.717, 1.165) is 51.1 Å². The van der Waals surface area contributed by atoms with E-state index >= 15 is 0 Å². The van der Waals surface area contributed by atoms with Crippen LogP contribution < -0.4 is 14.8 Å². The summed E-state index contributed by atoms with van der Waals surface area (Å²) in [5.74, 6) is 2.83. The van der Waals surface area contributed by atoms with Crippen LogP contribution in [0, 0.1) is 0 Å². The van der Waals surface area contributed by atoms with E-state index in [-0.39, 0.29) is 11.7 Å². The van der Waals surface area contributed by atoms with Gasteiger partial charge >= 0.3 is 0 Å². The molecule has 0 fully saturated rings. The van der Waals surface area contributed by atoms with Crippen molar-refractivity contribution in [3.63, 3.8) is 0 Å². The molecule has 0 unspecified atom stereocenters. The Labute approximate surface area is 351 Å². The molecule has 0 saturated carbocycles. The normalized spacial score (nSPS) is 11.3. The maximum atomic E-state index is 12.9. The zero-order chi connectivity index (χ0) is 41.5. The van der Waals surface area contributed by atoms with Gasteiger partial charge in [0.15, 0.2) is 5.78 Å². The molecule has 1 amide bonds. The zero-order valence-corrected chi connectivity index (χ0v) is 35.2. The Hall–Kier alpha value is -5.98. The predicted molar refractivity (Wildman–Crippen MR) is 242 cm³/mol. The van der Waals surface area contributed by atoms with Crippen LogP contribution in [0.2, 0.25) is 0 Å². The Morgan fingerprint density at radius 2 is 0.932 bits per heavy atom. The molecular weight excluding hydrogens is 729 g/mol. The number of ketones is 1. The number of amides is 1. The first-order chi connectivity index (χ1) is 28.7. The third-order valence-electron chi connectivity index (χ3n) is 11.1. The molecule has 0 heterocycles. The number of anilines is 1. The highest BCUT2D eigenvalue weighted by Crippen LogP contribution is 2.30. The molecule has 6 heteroatoms. The average molecular weight is 788 g/mol. The number of rotatable bonds is 21. The summed E-state index contributed by atoms with van der Waals surface area (Å²) >= 11 is 0. The van der Waals surface area contributed by atoms with Crippen molar-refractivity contribution < 1.29 is 23.5 Å². The number of hydrogen-bond donors (Lipinski definition) is 1. The molecule has 1 N–H and O–H groups in total. The molecule has 0 aromatic heterocycles. The van der Waals surface area contributed by atoms with E-state index in [4.69, 9.17) is 9.47 Å². The number of benzene rings is 6. The molecule has 6 nitrogen and oxygen atoms in total. The average Bonchev–Trinajstić information content (AvgIpc) is 3.26. The van der Waals surface area contributed by atoms with Crippen LogP contribution in [0.5, 0.6) is 23.0 Å². The highest BCUT2D eigenvalue weighted by atomic mass is 16.5. The Morgan fingerprint density at radius 3 is 1.46 bits per heavy atom. The number of nitrogens with one attached hydrogen (secondary N) is 1. The fourth-order valence-electron chi connectivity index (χ4n) is 6.96. The highest BCUT2D eigenvalue weighted by Gasteiger charge is 2.11. The van der Waals surface area contributed by atoms with Crippen LogP contribution >= 0.6 is 0 Å². The van der Waals surface area contributed by atoms with Gasteiger partial charge in [-0.1, -0.05) is 99.0 Å². The monoisotopic (exact) mass is 787 g/mol. The van der Waals surface area contributed by atoms with Crippen molar-refractivity contribution >= 4 is 17.4 Å². The van der Waals surface area contributed by atoms with E-state index in [9.17, 15) is 9.59 Å². The largest absolute Gasteiger partial charge is 0.457 e. The van der Waals surface area contributed by atoms with Crippen LogP contribution in [0.4, 0.5) is 5.69 Å². The molecule has 0 aliphatic heterocycles. The number of ether oxygens (including phenoxy) is 2. The SMILES string of the molecule is CCc1ccc(C(=O)Cc2ccc(Oc3ccc(-c4ccc(Oc5ccc(NC(=O)c6ccc(CCCCCCCC[N+](C)(C)CC)cc6)cc5)cc4)cc3)cc2)cc1. The maximum absolute atomic E-state index is 12.9. The van der Waals surface area contributed by atoms with Crippen molar-refractivity contribution in [1.82, 2.24) is 0 Å². The summed E-state index contributed by atoms with van der Waals surface area (Å²) in [6.07, 6.45) is 10.0. The van der Waals surface area contributed by atoms with Gasteiger partial charge in [-0.05, 0) is 140 Å². The van der Waals surface area contributed by atoms with Gasteiger partial charge in [-0.3, -0.25) is 9.59 Å². The highest BCUT2D eigenvalue weighted by molar-refractivity contribution is 6.04. The lowest BCUT2D eigenvalue weighted by Gasteiger charge is -2.28. The molecule has 0 aliphatic rings. The van der Waals surface area contributed by atoms with E-state index in [1.807, 2.05) is 133 Å². The molecule has 6 aromatic rings. The minimum atomic E-state index is -0.127. The number of Topliss-reactive ketones (excluding diaryl/α,β-unsaturated/α-hetero) is 1. The topological polar surface area (TPSA) is 64.6 Å². The summed E-state index contributed by atoms with van der Waals surface area (Å²) in [6, 6.07) is 46.9. The molecule has 0 radical (unpaired) electrons. The summed E-state index contributed by atoms with van der Waals surface area (Å²) in [5.41, 5.74) is 7.66. The summed E-state index contributed by atoms with van der Waals surface area (Å²) < 4.78 is 13.3. The smallest absolute Gasteiger partial charge is 0.255 e. The minimum Gasteiger partial charge on any atom is -0.457 e. The fourth-order valence-corrected chi connectivity index (χ4v) is 6.96. The quantitative estimate of drug-likeness (QED) is 0.0448. The second-order valence-electron chi connectivity index (χ2n) is 16.1. The first-order valence-electron chi connectivity index (χ1n) is 21.3. The molecule has 0 spiro atoms. The number of nitrogens with zero attached hydrogens (tertiary/aromatic N) is 1. The van der Waals surface area contributed by atoms with Gasteiger partial charge < -0.3 is 19.3 Å². The Morgan fingerprint density at radius 1 is 0.492 bits per heavy atom. The van der Waals surface area contributed by atoms with E-state index in [0.29, 0.717) is 29.2 Å². The molecular formula is C53H59N2O4+. The van der Waals surface area contributed by atoms with Crippen molar-refractivity contribution in [3.8, 4) is 34.1 Å². The Bertz CT molecular complexity index is 2210. The molecule has 6 aromatic carbocycles. The number of hydrogen-bond acceptors (Lipinski definition) is 4. The van der Waals surface area contributed by atoms with Crippen LogP contribution in [0.3, 0.4) is 0 Å². The lowest BCUT2D eigenvalue weighted by atomic mass is 10.0. The maximum Gasteiger partial charge on any atom is 0.255 e. The second kappa shape index (κ2) is 21.1. The van der Waals surface area contributed by atoms with Crippen molar-refractivity contribution in [2.24, 2.45) is 0 Å². The lowest BCUT2D eigenvalue weighted by Crippen LogP contribution is -2.39. The van der Waals surface area contributed by atoms with Gasteiger partial charge in [0.25, 0.3) is 5.91 Å². The van der Waals surface area contributed by atoms with E-state index < -0.39 is 0 Å². The molecule has 6 rings (SSSR count). The van der Waals surface area contributed by atoms with Crippen LogP contribution in [0.25, 0.3) is 11.1 Å². The van der Waals surface area contributed by atoms with Crippen molar-refractivity contribution in [2.45, 2.75) is 71.6 Å². The second-order valence-corrected chi connectivity index (χ2v) is 16.1. The predicted octanol–water partition coefficient (Wildman–Crippen LogP) is 13.2. The molecule has 0 bridgehead atoms. The van der Waals surface area contributed by atoms with E-state index in [1.54, 1.807) is 0 Å². The summed E-state index contributed by atoms with van der Waals surface area (Å²) in [5, 5.41) is 3.00. The van der Waals surface area contributed by atoms with Gasteiger partial charge in [0.1, 0.15) is 23.0 Å². The Balaban J connectivity index is 0.904. The van der Waals surface area contributed by atoms with Crippen LogP contribution in [0.15, 0.2) is 146 Å². The summed E-state index contributed by atoms with van der Waals surface area (Å²) in [4.78, 5) is 25.7. The van der Waals surface area contributed by atoms with Gasteiger partial charge in [0.2, 0.25) is 0 Å². The van der Waals surface area contributed by atoms with Gasteiger partial charge in [-0.25, -0.2) is 0 Å². The standard InChI is InChI=1S/C53H58N2O4/c1-5-40-14-20-45(21-15-40)52(56)39-42-18-30-48(31-19-42)58-49-32-24-43(25-33-49)44-26-34-50(35-27-44)59-51-36-28-47(29-37-51)54-53(57)46-22-16-41(17-23-46)13-11-9-7-8-10-12-38-55(3,4)6-2/h14-37H,5-13,38-39H2,1-4H3/p+1. The molecule has 0 atom stereocenters. The molecule has 304 valence electrons. The van der Waals surface area contributed by atoms with Crippen LogP contribution in [-0.4, -0.2) is 43.4 Å². The summed E-state index contributed by atoms with van der Waals surface area (Å²) in [7, 11) is 4.62. The fraction of sp³-hybridized carbons (Fsp3) is 0.283. The van der Waals surface area contributed by atoms with E-state index in [1.165, 1.54) is 62.7 Å². The first kappa shape index (κ1) is 42.6. The number of carbonyl (C=O) groups is 2. The third kappa shape index (κ3) is 13.3. The van der Waals surface area contributed by atoms with Crippen molar-refractivity contribution in [3.05, 3.63) is 173 Å². The lowest BCUT2D eigenvalue weighted by molar-refractivity contribution is -0.888. The summed E-state index contributed by atoms with van der Waals surface area (Å²) in [6.45, 7) is 6.83. The third-order valence-corrected chi connectivity index (χ3v) is 11.1. The van der Waals surface area contributed by atoms with Gasteiger partial charge in [-0.2, -0.15) is 0 Å². The van der Waals surface area contributed by atoms with E-state index in [2.05, 4.69) is 45.4 Å². The van der Waals surface area contributed by atoms with Crippen molar-refractivity contribution in [1.29, 1.82) is 0 Å². The minimum absolute atomic E-state index is 0.105.